The van der Waals surface area contributed by atoms with Gasteiger partial charge in [-0.25, -0.2) is 4.79 Å². The van der Waals surface area contributed by atoms with Crippen LogP contribution in [0.15, 0.2) is 35.6 Å². The van der Waals surface area contributed by atoms with E-state index in [1.165, 1.54) is 12.5 Å². The van der Waals surface area contributed by atoms with Gasteiger partial charge in [-0.2, -0.15) is 0 Å². The van der Waals surface area contributed by atoms with Gasteiger partial charge in [0.1, 0.15) is 5.70 Å². The molecule has 0 fully saturated rings. The standard InChI is InChI=1S/C13H17NO3/c1-10(15)14-12(13(16)17)9-8-11-6-4-2-3-5-7-11/h2,4,6,9H,3,5,7-8H2,1H3,(H,14,15)(H,16,17)/b12-9-. The molecule has 2 N–H and O–H groups in total. The number of amides is 1. The summed E-state index contributed by atoms with van der Waals surface area (Å²) in [4.78, 5) is 21.7. The predicted octanol–water partition coefficient (Wildman–Crippen LogP) is 2.15. The predicted molar refractivity (Wildman–Crippen MR) is 65.2 cm³/mol. The molecule has 0 aromatic rings. The van der Waals surface area contributed by atoms with Gasteiger partial charge >= 0.3 is 5.97 Å². The zero-order valence-corrected chi connectivity index (χ0v) is 9.90. The van der Waals surface area contributed by atoms with Crippen LogP contribution in [0, 0.1) is 0 Å². The summed E-state index contributed by atoms with van der Waals surface area (Å²) in [7, 11) is 0. The Hall–Kier alpha value is -1.84. The fourth-order valence-corrected chi connectivity index (χ4v) is 1.62. The zero-order chi connectivity index (χ0) is 12.7. The van der Waals surface area contributed by atoms with E-state index in [0.29, 0.717) is 6.42 Å². The molecule has 0 aliphatic heterocycles. The van der Waals surface area contributed by atoms with E-state index in [-0.39, 0.29) is 11.6 Å². The normalized spacial score (nSPS) is 16.1. The van der Waals surface area contributed by atoms with Gasteiger partial charge in [-0.05, 0) is 31.8 Å². The van der Waals surface area contributed by atoms with Crippen LogP contribution >= 0.6 is 0 Å². The Labute approximate surface area is 101 Å². The van der Waals surface area contributed by atoms with Crippen molar-refractivity contribution >= 4 is 11.9 Å². The third kappa shape index (κ3) is 5.15. The van der Waals surface area contributed by atoms with Gasteiger partial charge in [0.2, 0.25) is 5.91 Å². The van der Waals surface area contributed by atoms with Crippen LogP contribution in [0.5, 0.6) is 0 Å². The van der Waals surface area contributed by atoms with Crippen LogP contribution < -0.4 is 5.32 Å². The van der Waals surface area contributed by atoms with Crippen molar-refractivity contribution in [1.29, 1.82) is 0 Å². The van der Waals surface area contributed by atoms with E-state index in [1.54, 1.807) is 6.08 Å². The minimum Gasteiger partial charge on any atom is -0.477 e. The molecule has 92 valence electrons. The molecule has 0 aromatic carbocycles. The number of hydrogen-bond donors (Lipinski definition) is 2. The second-order valence-electron chi connectivity index (χ2n) is 3.95. The minimum absolute atomic E-state index is 0.0494. The van der Waals surface area contributed by atoms with Crippen LogP contribution in [0.3, 0.4) is 0 Å². The maximum absolute atomic E-state index is 10.9. The number of rotatable bonds is 4. The van der Waals surface area contributed by atoms with E-state index in [0.717, 1.165) is 19.3 Å². The number of carbonyl (C=O) groups excluding carboxylic acids is 1. The summed E-state index contributed by atoms with van der Waals surface area (Å²) >= 11 is 0. The quantitative estimate of drug-likeness (QED) is 0.734. The lowest BCUT2D eigenvalue weighted by molar-refractivity contribution is -0.134. The Bertz CT molecular complexity index is 391. The van der Waals surface area contributed by atoms with Crippen LogP contribution in [0.2, 0.25) is 0 Å². The van der Waals surface area contributed by atoms with Crippen molar-refractivity contribution in [3.8, 4) is 0 Å². The van der Waals surface area contributed by atoms with Gasteiger partial charge < -0.3 is 10.4 Å². The van der Waals surface area contributed by atoms with Gasteiger partial charge in [-0.1, -0.05) is 23.8 Å². The van der Waals surface area contributed by atoms with E-state index >= 15 is 0 Å². The summed E-state index contributed by atoms with van der Waals surface area (Å²) < 4.78 is 0. The minimum atomic E-state index is -1.11. The third-order valence-corrected chi connectivity index (χ3v) is 2.45. The first-order chi connectivity index (χ1) is 8.09. The van der Waals surface area contributed by atoms with Crippen molar-refractivity contribution in [2.75, 3.05) is 0 Å². The molecule has 0 unspecified atom stereocenters. The summed E-state index contributed by atoms with van der Waals surface area (Å²) in [5, 5.41) is 11.2. The molecule has 0 bridgehead atoms. The molecule has 4 heteroatoms. The van der Waals surface area contributed by atoms with E-state index in [2.05, 4.69) is 11.4 Å². The van der Waals surface area contributed by atoms with Crippen molar-refractivity contribution in [3.05, 3.63) is 35.6 Å². The molecule has 0 atom stereocenters. The number of aliphatic carboxylic acids is 1. The third-order valence-electron chi connectivity index (χ3n) is 2.45. The molecule has 1 amide bonds. The summed E-state index contributed by atoms with van der Waals surface area (Å²) in [6.45, 7) is 1.30. The van der Waals surface area contributed by atoms with Gasteiger partial charge in [0, 0.05) is 6.92 Å². The Kier molecular flexibility index (Phi) is 5.20. The molecule has 0 saturated carbocycles. The van der Waals surface area contributed by atoms with E-state index in [4.69, 9.17) is 5.11 Å². The molecular formula is C13H17NO3. The number of nitrogens with one attached hydrogen (secondary N) is 1. The molecule has 0 aromatic heterocycles. The van der Waals surface area contributed by atoms with Gasteiger partial charge in [0.25, 0.3) is 0 Å². The van der Waals surface area contributed by atoms with E-state index < -0.39 is 5.97 Å². The van der Waals surface area contributed by atoms with Crippen molar-refractivity contribution in [2.45, 2.75) is 32.6 Å². The van der Waals surface area contributed by atoms with Gasteiger partial charge in [0.15, 0.2) is 0 Å². The van der Waals surface area contributed by atoms with Crippen molar-refractivity contribution < 1.29 is 14.7 Å². The summed E-state index contributed by atoms with van der Waals surface area (Å²) in [6, 6.07) is 0. The van der Waals surface area contributed by atoms with Crippen LogP contribution in [0.25, 0.3) is 0 Å². The second kappa shape index (κ2) is 6.68. The van der Waals surface area contributed by atoms with Gasteiger partial charge in [-0.15, -0.1) is 0 Å². The van der Waals surface area contributed by atoms with Gasteiger partial charge in [-0.3, -0.25) is 4.79 Å². The highest BCUT2D eigenvalue weighted by Gasteiger charge is 2.08. The molecule has 17 heavy (non-hydrogen) atoms. The summed E-state index contributed by atoms with van der Waals surface area (Å²) in [5.74, 6) is -1.47. The zero-order valence-electron chi connectivity index (χ0n) is 9.90. The van der Waals surface area contributed by atoms with Crippen LogP contribution in [0.4, 0.5) is 0 Å². The van der Waals surface area contributed by atoms with Crippen LogP contribution in [0.1, 0.15) is 32.6 Å². The smallest absolute Gasteiger partial charge is 0.352 e. The molecule has 4 nitrogen and oxygen atoms in total. The van der Waals surface area contributed by atoms with Crippen molar-refractivity contribution in [1.82, 2.24) is 5.32 Å². The van der Waals surface area contributed by atoms with Crippen molar-refractivity contribution in [3.63, 3.8) is 0 Å². The highest BCUT2D eigenvalue weighted by atomic mass is 16.4. The average molecular weight is 235 g/mol. The number of carboxylic acid groups (broad SMARTS) is 1. The van der Waals surface area contributed by atoms with E-state index in [9.17, 15) is 9.59 Å². The Balaban J connectivity index is 2.65. The first-order valence-electron chi connectivity index (χ1n) is 5.65. The van der Waals surface area contributed by atoms with E-state index in [1.807, 2.05) is 12.2 Å². The van der Waals surface area contributed by atoms with Crippen LogP contribution in [-0.2, 0) is 9.59 Å². The van der Waals surface area contributed by atoms with Crippen molar-refractivity contribution in [2.24, 2.45) is 0 Å². The highest BCUT2D eigenvalue weighted by Crippen LogP contribution is 2.16. The number of carbonyl (C=O) groups is 2. The molecule has 0 spiro atoms. The second-order valence-corrected chi connectivity index (χ2v) is 3.95. The molecule has 1 aliphatic carbocycles. The lowest BCUT2D eigenvalue weighted by Gasteiger charge is -2.05. The topological polar surface area (TPSA) is 66.4 Å². The lowest BCUT2D eigenvalue weighted by Crippen LogP contribution is -2.24. The Morgan fingerprint density at radius 2 is 2.29 bits per heavy atom. The monoisotopic (exact) mass is 235 g/mol. The fraction of sp³-hybridized carbons (Fsp3) is 0.385. The SMILES string of the molecule is CC(=O)N/C(=C\CC1=CC=CCCC1)C(=O)O. The number of hydrogen-bond acceptors (Lipinski definition) is 2. The fourth-order valence-electron chi connectivity index (χ4n) is 1.62. The first-order valence-corrected chi connectivity index (χ1v) is 5.65. The van der Waals surface area contributed by atoms with Gasteiger partial charge in [0.05, 0.1) is 0 Å². The molecule has 0 radical (unpaired) electrons. The molecule has 0 heterocycles. The summed E-state index contributed by atoms with van der Waals surface area (Å²) in [6.07, 6.45) is 11.3. The lowest BCUT2D eigenvalue weighted by atomic mass is 10.1. The maximum atomic E-state index is 10.9. The summed E-state index contributed by atoms with van der Waals surface area (Å²) in [5.41, 5.74) is 1.13. The molecule has 1 rings (SSSR count). The first kappa shape index (κ1) is 13.2. The highest BCUT2D eigenvalue weighted by molar-refractivity contribution is 5.91. The molecular weight excluding hydrogens is 218 g/mol. The maximum Gasteiger partial charge on any atom is 0.352 e. The number of carboxylic acids is 1. The Morgan fingerprint density at radius 1 is 1.53 bits per heavy atom. The van der Waals surface area contributed by atoms with Crippen LogP contribution in [-0.4, -0.2) is 17.0 Å². The average Bonchev–Trinajstić information content (AvgIpc) is 2.51. The molecule has 1 aliphatic rings. The Morgan fingerprint density at radius 3 is 2.94 bits per heavy atom. The number of allylic oxidation sites excluding steroid dienone is 5. The largest absolute Gasteiger partial charge is 0.477 e. The molecule has 0 saturated heterocycles.